The van der Waals surface area contributed by atoms with Gasteiger partial charge >= 0.3 is 5.97 Å². The maximum Gasteiger partial charge on any atom is 0.337 e. The van der Waals surface area contributed by atoms with E-state index in [-0.39, 0.29) is 23.4 Å². The lowest BCUT2D eigenvalue weighted by molar-refractivity contribution is -0.112. The van der Waals surface area contributed by atoms with Crippen LogP contribution in [0.3, 0.4) is 0 Å². The molecule has 0 bridgehead atoms. The van der Waals surface area contributed by atoms with Gasteiger partial charge in [-0.3, -0.25) is 4.79 Å². The van der Waals surface area contributed by atoms with E-state index in [1.807, 2.05) is 18.2 Å². The molecule has 0 unspecified atom stereocenters. The normalized spacial score (nSPS) is 10.8. The van der Waals surface area contributed by atoms with Crippen LogP contribution in [0, 0.1) is 11.3 Å². The lowest BCUT2D eigenvalue weighted by Gasteiger charge is -2.11. The number of hydrogen-bond donors (Lipinski definition) is 2. The molecule has 0 aromatic heterocycles. The number of nitrogens with zero attached hydrogens (tertiary/aromatic N) is 1. The van der Waals surface area contributed by atoms with Gasteiger partial charge in [-0.1, -0.05) is 51.8 Å². The number of ether oxygens (including phenoxy) is 1. The van der Waals surface area contributed by atoms with Crippen LogP contribution < -0.4 is 10.1 Å². The minimum absolute atomic E-state index is 0.0763. The lowest BCUT2D eigenvalue weighted by atomic mass is 10.1. The molecule has 0 saturated carbocycles. The summed E-state index contributed by atoms with van der Waals surface area (Å²) < 4.78 is 6.62. The van der Waals surface area contributed by atoms with E-state index in [1.165, 1.54) is 18.2 Å². The number of carbonyl (C=O) groups is 2. The molecular formula is C24H16BrClN2O4. The summed E-state index contributed by atoms with van der Waals surface area (Å²) in [7, 11) is 0. The Hall–Kier alpha value is -3.60. The first kappa shape index (κ1) is 23.1. The molecule has 0 aliphatic carbocycles. The monoisotopic (exact) mass is 510 g/mol. The molecule has 6 nitrogen and oxygen atoms in total. The highest BCUT2D eigenvalue weighted by atomic mass is 79.9. The number of carboxylic acid groups (broad SMARTS) is 1. The Balaban J connectivity index is 1.85. The Morgan fingerprint density at radius 3 is 2.53 bits per heavy atom. The minimum Gasteiger partial charge on any atom is -0.488 e. The average Bonchev–Trinajstić information content (AvgIpc) is 2.78. The van der Waals surface area contributed by atoms with Gasteiger partial charge in [0.15, 0.2) is 0 Å². The van der Waals surface area contributed by atoms with E-state index >= 15 is 0 Å². The molecule has 0 heterocycles. The molecule has 0 spiro atoms. The molecular weight excluding hydrogens is 496 g/mol. The number of para-hydroxylation sites is 1. The number of anilines is 1. The Kier molecular flexibility index (Phi) is 7.66. The molecule has 0 atom stereocenters. The largest absolute Gasteiger partial charge is 0.488 e. The molecule has 1 amide bonds. The number of halogens is 2. The predicted molar refractivity (Wildman–Crippen MR) is 126 cm³/mol. The van der Waals surface area contributed by atoms with Crippen molar-refractivity contribution in [3.8, 4) is 11.8 Å². The van der Waals surface area contributed by atoms with Gasteiger partial charge in [0, 0.05) is 15.1 Å². The molecule has 0 radical (unpaired) electrons. The van der Waals surface area contributed by atoms with Gasteiger partial charge in [0.2, 0.25) is 0 Å². The lowest BCUT2D eigenvalue weighted by Crippen LogP contribution is -2.16. The van der Waals surface area contributed by atoms with E-state index in [4.69, 9.17) is 16.3 Å². The molecule has 160 valence electrons. The van der Waals surface area contributed by atoms with Crippen LogP contribution in [0.2, 0.25) is 5.02 Å². The van der Waals surface area contributed by atoms with Gasteiger partial charge < -0.3 is 15.2 Å². The number of amides is 1. The van der Waals surface area contributed by atoms with Crippen molar-refractivity contribution in [1.82, 2.24) is 0 Å². The summed E-state index contributed by atoms with van der Waals surface area (Å²) in [6.07, 6.45) is 1.39. The molecule has 32 heavy (non-hydrogen) atoms. The maximum absolute atomic E-state index is 12.7. The van der Waals surface area contributed by atoms with Crippen LogP contribution in [0.4, 0.5) is 5.69 Å². The Morgan fingerprint density at radius 2 is 1.84 bits per heavy atom. The van der Waals surface area contributed by atoms with E-state index in [9.17, 15) is 20.0 Å². The first-order valence-corrected chi connectivity index (χ1v) is 10.5. The summed E-state index contributed by atoms with van der Waals surface area (Å²) in [6.45, 7) is 0.264. The zero-order valence-electron chi connectivity index (χ0n) is 16.5. The molecule has 0 fully saturated rings. The highest BCUT2D eigenvalue weighted by Gasteiger charge is 2.16. The Bertz CT molecular complexity index is 1230. The molecule has 3 rings (SSSR count). The van der Waals surface area contributed by atoms with Crippen LogP contribution in [0.5, 0.6) is 5.75 Å². The quantitative estimate of drug-likeness (QED) is 0.303. The maximum atomic E-state index is 12.7. The van der Waals surface area contributed by atoms with E-state index in [0.717, 1.165) is 10.0 Å². The number of carboxylic acids is 1. The average molecular weight is 512 g/mol. The number of nitrogens with one attached hydrogen (secondary N) is 1. The molecule has 0 aliphatic heterocycles. The topological polar surface area (TPSA) is 99.4 Å². The molecule has 8 heteroatoms. The third kappa shape index (κ3) is 5.97. The highest BCUT2D eigenvalue weighted by Crippen LogP contribution is 2.27. The van der Waals surface area contributed by atoms with Crippen molar-refractivity contribution in [1.29, 1.82) is 5.26 Å². The Labute approximate surface area is 197 Å². The minimum atomic E-state index is -1.19. The molecule has 3 aromatic carbocycles. The zero-order chi connectivity index (χ0) is 23.1. The fourth-order valence-corrected chi connectivity index (χ4v) is 3.28. The van der Waals surface area contributed by atoms with Gasteiger partial charge in [-0.15, -0.1) is 0 Å². The van der Waals surface area contributed by atoms with E-state index < -0.39 is 11.9 Å². The SMILES string of the molecule is N#C/C(=C\c1cc(Br)ccc1OCc1ccc(Cl)cc1)C(=O)Nc1ccccc1C(=O)O. The summed E-state index contributed by atoms with van der Waals surface area (Å²) in [4.78, 5) is 24.0. The van der Waals surface area contributed by atoms with Gasteiger partial charge in [-0.2, -0.15) is 5.26 Å². The predicted octanol–water partition coefficient (Wildman–Crippen LogP) is 5.93. The van der Waals surface area contributed by atoms with Crippen molar-refractivity contribution in [3.05, 3.63) is 98.5 Å². The number of carbonyl (C=O) groups excluding carboxylic acids is 1. The van der Waals surface area contributed by atoms with Crippen molar-refractivity contribution in [2.75, 3.05) is 5.32 Å². The van der Waals surface area contributed by atoms with Crippen LogP contribution in [0.1, 0.15) is 21.5 Å². The number of aromatic carboxylic acids is 1. The second kappa shape index (κ2) is 10.6. The van der Waals surface area contributed by atoms with Gasteiger partial charge in [0.05, 0.1) is 11.3 Å². The molecule has 0 aliphatic rings. The highest BCUT2D eigenvalue weighted by molar-refractivity contribution is 9.10. The fraction of sp³-hybridized carbons (Fsp3) is 0.0417. The molecule has 2 N–H and O–H groups in total. The number of nitriles is 1. The zero-order valence-corrected chi connectivity index (χ0v) is 18.9. The van der Waals surface area contributed by atoms with Gasteiger partial charge in [0.25, 0.3) is 5.91 Å². The summed E-state index contributed by atoms with van der Waals surface area (Å²) in [5.41, 5.74) is 1.22. The van der Waals surface area contributed by atoms with Crippen LogP contribution in [0.25, 0.3) is 6.08 Å². The van der Waals surface area contributed by atoms with E-state index in [0.29, 0.717) is 16.3 Å². The van der Waals surface area contributed by atoms with Crippen LogP contribution in [-0.2, 0) is 11.4 Å². The van der Waals surface area contributed by atoms with Crippen molar-refractivity contribution >= 4 is 51.2 Å². The molecule has 0 saturated heterocycles. The summed E-state index contributed by atoms with van der Waals surface area (Å²) in [5.74, 6) is -1.45. The number of benzene rings is 3. The smallest absolute Gasteiger partial charge is 0.337 e. The number of rotatable bonds is 7. The Morgan fingerprint density at radius 1 is 1.12 bits per heavy atom. The van der Waals surface area contributed by atoms with E-state index in [1.54, 1.807) is 42.5 Å². The third-order valence-corrected chi connectivity index (χ3v) is 5.10. The third-order valence-electron chi connectivity index (χ3n) is 4.35. The van der Waals surface area contributed by atoms with Crippen molar-refractivity contribution in [2.24, 2.45) is 0 Å². The summed E-state index contributed by atoms with van der Waals surface area (Å²) in [5, 5.41) is 21.9. The van der Waals surface area contributed by atoms with Crippen molar-refractivity contribution in [3.63, 3.8) is 0 Å². The summed E-state index contributed by atoms with van der Waals surface area (Å²) in [6, 6.07) is 20.2. The standard InChI is InChI=1S/C24H16BrClN2O4/c25-18-7-10-22(32-14-15-5-8-19(26)9-6-15)16(12-18)11-17(13-27)23(29)28-21-4-2-1-3-20(21)24(30)31/h1-12H,14H2,(H,28,29)(H,30,31)/b17-11+. The number of hydrogen-bond acceptors (Lipinski definition) is 4. The van der Waals surface area contributed by atoms with E-state index in [2.05, 4.69) is 21.2 Å². The van der Waals surface area contributed by atoms with Gasteiger partial charge in [0.1, 0.15) is 24.0 Å². The first-order chi connectivity index (χ1) is 15.4. The summed E-state index contributed by atoms with van der Waals surface area (Å²) >= 11 is 9.28. The first-order valence-electron chi connectivity index (χ1n) is 9.29. The van der Waals surface area contributed by atoms with Crippen LogP contribution in [-0.4, -0.2) is 17.0 Å². The van der Waals surface area contributed by atoms with Gasteiger partial charge in [-0.05, 0) is 54.1 Å². The van der Waals surface area contributed by atoms with Crippen molar-refractivity contribution < 1.29 is 19.4 Å². The van der Waals surface area contributed by atoms with Crippen molar-refractivity contribution in [2.45, 2.75) is 6.61 Å². The fourth-order valence-electron chi connectivity index (χ4n) is 2.78. The molecule has 3 aromatic rings. The second-order valence-corrected chi connectivity index (χ2v) is 7.92. The second-order valence-electron chi connectivity index (χ2n) is 6.57. The van der Waals surface area contributed by atoms with Gasteiger partial charge in [-0.25, -0.2) is 4.79 Å². The van der Waals surface area contributed by atoms with Crippen LogP contribution in [0.15, 0.2) is 76.8 Å². The van der Waals surface area contributed by atoms with Crippen LogP contribution >= 0.6 is 27.5 Å².